The van der Waals surface area contributed by atoms with Crippen molar-refractivity contribution < 1.29 is 24.2 Å². The van der Waals surface area contributed by atoms with Crippen LogP contribution in [0.3, 0.4) is 0 Å². The van der Waals surface area contributed by atoms with Crippen LogP contribution in [0.5, 0.6) is 0 Å². The molecule has 0 spiro atoms. The van der Waals surface area contributed by atoms with Crippen molar-refractivity contribution in [2.75, 3.05) is 6.61 Å². The van der Waals surface area contributed by atoms with Crippen LogP contribution in [0.2, 0.25) is 0 Å². The predicted molar refractivity (Wildman–Crippen MR) is 173 cm³/mol. The molecule has 0 aromatic heterocycles. The Morgan fingerprint density at radius 3 is 2.27 bits per heavy atom. The van der Waals surface area contributed by atoms with E-state index in [0.717, 1.165) is 69.8 Å². The molecule has 0 saturated heterocycles. The summed E-state index contributed by atoms with van der Waals surface area (Å²) in [5.41, 5.74) is 1.70. The Kier molecular flexibility index (Phi) is 7.95. The van der Waals surface area contributed by atoms with E-state index >= 15 is 0 Å². The predicted octanol–water partition coefficient (Wildman–Crippen LogP) is 8.86. The third-order valence-corrected chi connectivity index (χ3v) is 14.9. The van der Waals surface area contributed by atoms with Crippen LogP contribution in [0.15, 0.2) is 42.5 Å². The molecule has 1 aromatic carbocycles. The summed E-state index contributed by atoms with van der Waals surface area (Å²) in [5.74, 6) is 0.917. The summed E-state index contributed by atoms with van der Waals surface area (Å²) in [6.07, 6.45) is 9.75. The van der Waals surface area contributed by atoms with Crippen molar-refractivity contribution in [3.05, 3.63) is 48.0 Å². The first-order chi connectivity index (χ1) is 20.7. The van der Waals surface area contributed by atoms with Gasteiger partial charge in [-0.05, 0) is 117 Å². The lowest BCUT2D eigenvalue weighted by molar-refractivity contribution is -0.267. The Morgan fingerprint density at radius 2 is 1.61 bits per heavy atom. The van der Waals surface area contributed by atoms with Crippen molar-refractivity contribution in [2.45, 2.75) is 118 Å². The van der Waals surface area contributed by atoms with E-state index in [1.807, 2.05) is 6.07 Å². The highest BCUT2D eigenvalue weighted by Crippen LogP contribution is 2.77. The summed E-state index contributed by atoms with van der Waals surface area (Å²) < 4.78 is 12.8. The number of carboxylic acids is 1. The van der Waals surface area contributed by atoms with Crippen molar-refractivity contribution in [1.29, 1.82) is 0 Å². The number of carbonyl (C=O) groups excluding carboxylic acids is 1. The lowest BCUT2D eigenvalue weighted by atomic mass is 9.32. The Hall–Kier alpha value is -2.14. The third-order valence-electron chi connectivity index (χ3n) is 14.9. The molecule has 242 valence electrons. The maximum absolute atomic E-state index is 13.2. The Morgan fingerprint density at radius 1 is 0.886 bits per heavy atom. The minimum Gasteiger partial charge on any atom is -0.481 e. The lowest BCUT2D eigenvalue weighted by Crippen LogP contribution is -2.69. The molecule has 5 aliphatic rings. The van der Waals surface area contributed by atoms with Crippen molar-refractivity contribution in [2.24, 2.45) is 56.7 Å². The van der Waals surface area contributed by atoms with Crippen molar-refractivity contribution in [1.82, 2.24) is 0 Å². The molecular weight excluding hydrogens is 548 g/mol. The average Bonchev–Trinajstić information content (AvgIpc) is 3.37. The maximum Gasteiger partial charge on any atom is 0.309 e. The van der Waals surface area contributed by atoms with Gasteiger partial charge in [-0.25, -0.2) is 0 Å². The minimum atomic E-state index is -0.647. The molecule has 5 fully saturated rings. The molecule has 0 heterocycles. The highest BCUT2D eigenvalue weighted by atomic mass is 16.5. The number of hydrogen-bond acceptors (Lipinski definition) is 4. The zero-order chi connectivity index (χ0) is 31.7. The summed E-state index contributed by atoms with van der Waals surface area (Å²) in [6.45, 7) is 19.2. The molecule has 5 nitrogen and oxygen atoms in total. The summed E-state index contributed by atoms with van der Waals surface area (Å²) in [4.78, 5) is 25.3. The number of carbonyl (C=O) groups is 2. The standard InChI is InChI=1S/C39H56O5/c1-25(2)28-15-20-38(34(41)42)21-22-39(24-43-23-27-11-9-8-10-12-27)29(33(28)38)13-14-31-36(6)18-17-32(44-26(3)40)35(4,5)30(36)16-19-37(31,39)7/h8-12,28-33H,1,13-24H2,2-7H3,(H,41,42)/t28-,29+,30-,31+,32-,33+,36-,37+,38-,39-/m0/s1. The van der Waals surface area contributed by atoms with E-state index in [-0.39, 0.29) is 45.6 Å². The molecule has 0 radical (unpaired) electrons. The fraction of sp³-hybridized carbons (Fsp3) is 0.744. The van der Waals surface area contributed by atoms with Gasteiger partial charge >= 0.3 is 11.9 Å². The smallest absolute Gasteiger partial charge is 0.309 e. The van der Waals surface area contributed by atoms with Gasteiger partial charge in [0.05, 0.1) is 18.6 Å². The molecule has 5 saturated carbocycles. The summed E-state index contributed by atoms with van der Waals surface area (Å²) >= 11 is 0. The maximum atomic E-state index is 13.2. The van der Waals surface area contributed by atoms with E-state index < -0.39 is 11.4 Å². The quantitative estimate of drug-likeness (QED) is 0.249. The summed E-state index contributed by atoms with van der Waals surface area (Å²) in [6, 6.07) is 10.5. The van der Waals surface area contributed by atoms with E-state index in [1.165, 1.54) is 5.56 Å². The Bertz CT molecular complexity index is 1290. The van der Waals surface area contributed by atoms with Crippen LogP contribution in [0.4, 0.5) is 0 Å². The van der Waals surface area contributed by atoms with Gasteiger partial charge in [0, 0.05) is 17.8 Å². The number of fused-ring (bicyclic) bond motifs is 7. The van der Waals surface area contributed by atoms with E-state index in [4.69, 9.17) is 9.47 Å². The zero-order valence-corrected chi connectivity index (χ0v) is 28.1. The first-order valence-electron chi connectivity index (χ1n) is 17.4. The monoisotopic (exact) mass is 604 g/mol. The van der Waals surface area contributed by atoms with E-state index in [2.05, 4.69) is 65.5 Å². The average molecular weight is 605 g/mol. The third kappa shape index (κ3) is 4.48. The van der Waals surface area contributed by atoms with Crippen LogP contribution in [-0.4, -0.2) is 29.8 Å². The zero-order valence-electron chi connectivity index (χ0n) is 28.1. The highest BCUT2D eigenvalue weighted by Gasteiger charge is 2.73. The molecule has 10 atom stereocenters. The van der Waals surface area contributed by atoms with Crippen LogP contribution in [0, 0.1) is 56.7 Å². The van der Waals surface area contributed by atoms with Crippen LogP contribution >= 0.6 is 0 Å². The van der Waals surface area contributed by atoms with Crippen LogP contribution in [0.1, 0.15) is 111 Å². The van der Waals surface area contributed by atoms with Gasteiger partial charge in [-0.2, -0.15) is 0 Å². The number of aliphatic carboxylic acids is 1. The number of carboxylic acid groups (broad SMARTS) is 1. The van der Waals surface area contributed by atoms with Gasteiger partial charge in [-0.3, -0.25) is 9.59 Å². The summed E-state index contributed by atoms with van der Waals surface area (Å²) in [7, 11) is 0. The molecule has 5 heteroatoms. The normalized spacial score (nSPS) is 44.0. The van der Waals surface area contributed by atoms with Crippen LogP contribution in [-0.2, 0) is 25.7 Å². The second-order valence-corrected chi connectivity index (χ2v) is 16.8. The molecule has 0 unspecified atom stereocenters. The van der Waals surface area contributed by atoms with Gasteiger partial charge in [0.25, 0.3) is 0 Å². The summed E-state index contributed by atoms with van der Waals surface area (Å²) in [5, 5.41) is 10.8. The first-order valence-corrected chi connectivity index (χ1v) is 17.4. The van der Waals surface area contributed by atoms with Gasteiger partial charge in [-0.1, -0.05) is 70.2 Å². The molecule has 0 aliphatic heterocycles. The van der Waals surface area contributed by atoms with E-state index in [9.17, 15) is 14.7 Å². The second-order valence-electron chi connectivity index (χ2n) is 16.8. The van der Waals surface area contributed by atoms with Gasteiger partial charge < -0.3 is 14.6 Å². The molecule has 44 heavy (non-hydrogen) atoms. The van der Waals surface area contributed by atoms with Crippen molar-refractivity contribution in [3.63, 3.8) is 0 Å². The molecule has 6 rings (SSSR count). The minimum absolute atomic E-state index is 0.0368. The SMILES string of the molecule is C=C(C)[C@@H]1CC[C@]2(C(=O)O)CC[C@]3(COCc4ccccc4)[C@H](CC[C@@H]4[C@@]5(C)CC[C@H](OC(C)=O)C(C)(C)[C@@H]5CC[C@]43C)[C@@H]12. The lowest BCUT2D eigenvalue weighted by Gasteiger charge is -2.73. The second kappa shape index (κ2) is 11.0. The van der Waals surface area contributed by atoms with Gasteiger partial charge in [-0.15, -0.1) is 0 Å². The molecule has 1 N–H and O–H groups in total. The number of hydrogen-bond donors (Lipinski definition) is 1. The Balaban J connectivity index is 1.41. The number of allylic oxidation sites excluding steroid dienone is 1. The highest BCUT2D eigenvalue weighted by molar-refractivity contribution is 5.76. The van der Waals surface area contributed by atoms with Gasteiger partial charge in [0.2, 0.25) is 0 Å². The molecular formula is C39H56O5. The first kappa shape index (κ1) is 31.8. The molecule has 1 aromatic rings. The van der Waals surface area contributed by atoms with Crippen LogP contribution in [0.25, 0.3) is 0 Å². The fourth-order valence-electron chi connectivity index (χ4n) is 12.9. The molecule has 5 aliphatic carbocycles. The van der Waals surface area contributed by atoms with Gasteiger partial charge in [0.15, 0.2) is 0 Å². The van der Waals surface area contributed by atoms with Gasteiger partial charge in [0.1, 0.15) is 6.10 Å². The number of ether oxygens (including phenoxy) is 2. The fourth-order valence-corrected chi connectivity index (χ4v) is 12.9. The topological polar surface area (TPSA) is 72.8 Å². The largest absolute Gasteiger partial charge is 0.481 e. The molecule has 0 amide bonds. The van der Waals surface area contributed by atoms with E-state index in [0.29, 0.717) is 31.0 Å². The van der Waals surface area contributed by atoms with Crippen molar-refractivity contribution >= 4 is 11.9 Å². The number of rotatable bonds is 7. The van der Waals surface area contributed by atoms with E-state index in [1.54, 1.807) is 6.92 Å². The number of esters is 1. The van der Waals surface area contributed by atoms with Crippen LogP contribution < -0.4 is 0 Å². The van der Waals surface area contributed by atoms with Crippen molar-refractivity contribution in [3.8, 4) is 0 Å². The molecule has 0 bridgehead atoms. The Labute approximate surface area is 265 Å². The number of benzene rings is 1.